The Morgan fingerprint density at radius 2 is 1.89 bits per heavy atom. The van der Waals surface area contributed by atoms with Gasteiger partial charge >= 0.3 is 0 Å². The summed E-state index contributed by atoms with van der Waals surface area (Å²) >= 11 is 1.43. The van der Waals surface area contributed by atoms with Crippen LogP contribution in [-0.4, -0.2) is 22.1 Å². The van der Waals surface area contributed by atoms with Crippen LogP contribution in [0, 0.1) is 0 Å². The molecule has 2 N–H and O–H groups in total. The van der Waals surface area contributed by atoms with Crippen LogP contribution in [0.3, 0.4) is 0 Å². The van der Waals surface area contributed by atoms with E-state index in [2.05, 4.69) is 16.9 Å². The second kappa shape index (κ2) is 8.91. The molecule has 1 aromatic heterocycles. The molecule has 1 aromatic rings. The molecule has 0 aliphatic heterocycles. The van der Waals surface area contributed by atoms with E-state index in [4.69, 9.17) is 5.73 Å². The number of rotatable bonds is 9. The fraction of sp³-hybridized carbons (Fsp3) is 0.643. The van der Waals surface area contributed by atoms with E-state index in [1.54, 1.807) is 6.07 Å². The van der Waals surface area contributed by atoms with Gasteiger partial charge in [-0.15, -0.1) is 0 Å². The van der Waals surface area contributed by atoms with Crippen molar-refractivity contribution in [3.63, 3.8) is 0 Å². The third kappa shape index (κ3) is 6.05. The minimum absolute atomic E-state index is 0.320. The highest BCUT2D eigenvalue weighted by molar-refractivity contribution is 7.98. The highest BCUT2D eigenvalue weighted by Crippen LogP contribution is 2.13. The number of aryl methyl sites for hydroxylation is 1. The molecule has 106 valence electrons. The lowest BCUT2D eigenvalue weighted by molar-refractivity contribution is 0.0994. The summed E-state index contributed by atoms with van der Waals surface area (Å²) in [4.78, 5) is 19.7. The first kappa shape index (κ1) is 16.0. The molecule has 1 amide bonds. The van der Waals surface area contributed by atoms with Crippen LogP contribution in [0.5, 0.6) is 0 Å². The number of carbonyl (C=O) groups excluding carboxylic acids is 1. The van der Waals surface area contributed by atoms with Crippen molar-refractivity contribution in [2.45, 2.75) is 57.0 Å². The average molecular weight is 281 g/mol. The quantitative estimate of drug-likeness (QED) is 0.429. The van der Waals surface area contributed by atoms with Crippen molar-refractivity contribution in [2.75, 3.05) is 6.26 Å². The van der Waals surface area contributed by atoms with Gasteiger partial charge in [-0.2, -0.15) is 0 Å². The largest absolute Gasteiger partial charge is 0.364 e. The van der Waals surface area contributed by atoms with Crippen LogP contribution >= 0.6 is 11.8 Å². The molecule has 1 rings (SSSR count). The fourth-order valence-electron chi connectivity index (χ4n) is 1.91. The lowest BCUT2D eigenvalue weighted by Crippen LogP contribution is -2.14. The number of nitrogens with zero attached hydrogens (tertiary/aromatic N) is 2. The van der Waals surface area contributed by atoms with Gasteiger partial charge in [-0.1, -0.05) is 50.8 Å². The van der Waals surface area contributed by atoms with E-state index in [-0.39, 0.29) is 0 Å². The van der Waals surface area contributed by atoms with Gasteiger partial charge in [0.2, 0.25) is 0 Å². The van der Waals surface area contributed by atoms with E-state index < -0.39 is 5.91 Å². The number of hydrogen-bond donors (Lipinski definition) is 1. The molecule has 0 unspecified atom stereocenters. The van der Waals surface area contributed by atoms with Crippen LogP contribution in [0.2, 0.25) is 0 Å². The summed E-state index contributed by atoms with van der Waals surface area (Å²) in [7, 11) is 0. The van der Waals surface area contributed by atoms with Gasteiger partial charge in [0.05, 0.1) is 0 Å². The Morgan fingerprint density at radius 3 is 2.53 bits per heavy atom. The summed E-state index contributed by atoms with van der Waals surface area (Å²) in [6.07, 6.45) is 10.3. The van der Waals surface area contributed by atoms with Gasteiger partial charge in [-0.05, 0) is 25.2 Å². The molecule has 0 bridgehead atoms. The Kier molecular flexibility index (Phi) is 7.48. The van der Waals surface area contributed by atoms with Gasteiger partial charge in [0.15, 0.2) is 5.16 Å². The molecule has 4 nitrogen and oxygen atoms in total. The van der Waals surface area contributed by atoms with Crippen molar-refractivity contribution in [3.05, 3.63) is 17.5 Å². The molecule has 0 spiro atoms. The van der Waals surface area contributed by atoms with E-state index >= 15 is 0 Å². The fourth-order valence-corrected chi connectivity index (χ4v) is 2.30. The normalized spacial score (nSPS) is 10.6. The number of unbranched alkanes of at least 4 members (excludes halogenated alkanes) is 5. The van der Waals surface area contributed by atoms with Crippen LogP contribution in [0.4, 0.5) is 0 Å². The van der Waals surface area contributed by atoms with Gasteiger partial charge in [0.25, 0.3) is 5.91 Å². The Hall–Kier alpha value is -1.10. The predicted molar refractivity (Wildman–Crippen MR) is 79.4 cm³/mol. The maximum Gasteiger partial charge on any atom is 0.267 e. The van der Waals surface area contributed by atoms with E-state index in [1.807, 2.05) is 6.26 Å². The lowest BCUT2D eigenvalue weighted by atomic mass is 10.1. The molecular weight excluding hydrogens is 258 g/mol. The SMILES string of the molecule is CCCCCCCCc1cc(C(N)=O)nc(SC)n1. The molecule has 1 heterocycles. The first-order valence-corrected chi connectivity index (χ1v) is 8.11. The van der Waals surface area contributed by atoms with Crippen molar-refractivity contribution in [1.82, 2.24) is 9.97 Å². The summed E-state index contributed by atoms with van der Waals surface area (Å²) in [6, 6.07) is 1.72. The second-order valence-electron chi connectivity index (χ2n) is 4.61. The van der Waals surface area contributed by atoms with Gasteiger partial charge in [0.1, 0.15) is 5.69 Å². The molecule has 0 atom stereocenters. The lowest BCUT2D eigenvalue weighted by Gasteiger charge is -2.05. The molecular formula is C14H23N3OS. The Balaban J connectivity index is 2.48. The van der Waals surface area contributed by atoms with E-state index in [9.17, 15) is 4.79 Å². The molecule has 0 aliphatic carbocycles. The predicted octanol–water partition coefficient (Wildman–Crippen LogP) is 3.20. The number of thioether (sulfide) groups is 1. The van der Waals surface area contributed by atoms with Crippen LogP contribution < -0.4 is 5.73 Å². The van der Waals surface area contributed by atoms with Crippen molar-refractivity contribution in [2.24, 2.45) is 5.73 Å². The Bertz CT molecular complexity index is 410. The van der Waals surface area contributed by atoms with Gasteiger partial charge in [-0.3, -0.25) is 4.79 Å². The highest BCUT2D eigenvalue weighted by atomic mass is 32.2. The smallest absolute Gasteiger partial charge is 0.267 e. The van der Waals surface area contributed by atoms with Crippen molar-refractivity contribution >= 4 is 17.7 Å². The molecule has 0 aromatic carbocycles. The van der Waals surface area contributed by atoms with E-state index in [0.717, 1.165) is 18.5 Å². The average Bonchev–Trinajstić information content (AvgIpc) is 2.42. The molecule has 0 fully saturated rings. The summed E-state index contributed by atoms with van der Waals surface area (Å²) in [5.74, 6) is -0.484. The minimum Gasteiger partial charge on any atom is -0.364 e. The Labute approximate surface area is 119 Å². The molecule has 5 heteroatoms. The molecule has 0 saturated carbocycles. The highest BCUT2D eigenvalue weighted by Gasteiger charge is 2.08. The van der Waals surface area contributed by atoms with E-state index in [1.165, 1.54) is 43.9 Å². The standard InChI is InChI=1S/C14H23N3OS/c1-3-4-5-6-7-8-9-11-10-12(13(15)18)17-14(16-11)19-2/h10H,3-9H2,1-2H3,(H2,15,18). The molecule has 0 aliphatic rings. The van der Waals surface area contributed by atoms with Crippen molar-refractivity contribution in [3.8, 4) is 0 Å². The maximum absolute atomic E-state index is 11.2. The molecule has 19 heavy (non-hydrogen) atoms. The van der Waals surface area contributed by atoms with Crippen molar-refractivity contribution < 1.29 is 4.79 Å². The first-order chi connectivity index (χ1) is 9.17. The van der Waals surface area contributed by atoms with Crippen LogP contribution in [0.15, 0.2) is 11.2 Å². The number of nitrogens with two attached hydrogens (primary N) is 1. The number of hydrogen-bond acceptors (Lipinski definition) is 4. The molecule has 0 radical (unpaired) electrons. The van der Waals surface area contributed by atoms with Gasteiger partial charge in [0, 0.05) is 5.69 Å². The zero-order chi connectivity index (χ0) is 14.1. The zero-order valence-electron chi connectivity index (χ0n) is 11.8. The first-order valence-electron chi connectivity index (χ1n) is 6.89. The number of aromatic nitrogens is 2. The topological polar surface area (TPSA) is 68.9 Å². The van der Waals surface area contributed by atoms with Gasteiger partial charge < -0.3 is 5.73 Å². The number of amides is 1. The third-order valence-corrected chi connectivity index (χ3v) is 3.53. The zero-order valence-corrected chi connectivity index (χ0v) is 12.6. The summed E-state index contributed by atoms with van der Waals surface area (Å²) in [6.45, 7) is 2.22. The second-order valence-corrected chi connectivity index (χ2v) is 5.39. The van der Waals surface area contributed by atoms with Crippen LogP contribution in [-0.2, 0) is 6.42 Å². The van der Waals surface area contributed by atoms with Gasteiger partial charge in [-0.25, -0.2) is 9.97 Å². The minimum atomic E-state index is -0.484. The number of primary amides is 1. The summed E-state index contributed by atoms with van der Waals surface area (Å²) < 4.78 is 0. The maximum atomic E-state index is 11.2. The monoisotopic (exact) mass is 281 g/mol. The Morgan fingerprint density at radius 1 is 1.21 bits per heavy atom. The van der Waals surface area contributed by atoms with Crippen LogP contribution in [0.1, 0.15) is 61.6 Å². The van der Waals surface area contributed by atoms with E-state index in [0.29, 0.717) is 10.9 Å². The summed E-state index contributed by atoms with van der Waals surface area (Å²) in [5.41, 5.74) is 6.52. The van der Waals surface area contributed by atoms with Crippen molar-refractivity contribution in [1.29, 1.82) is 0 Å². The third-order valence-electron chi connectivity index (χ3n) is 2.98. The molecule has 0 saturated heterocycles. The summed E-state index contributed by atoms with van der Waals surface area (Å²) in [5, 5.41) is 0.622. The van der Waals surface area contributed by atoms with Crippen LogP contribution in [0.25, 0.3) is 0 Å². The number of carbonyl (C=O) groups is 1.